The number of nitrogens with zero attached hydrogens (tertiary/aromatic N) is 1. The van der Waals surface area contributed by atoms with Crippen molar-refractivity contribution in [2.24, 2.45) is 11.8 Å². The molecule has 0 spiro atoms. The van der Waals surface area contributed by atoms with Gasteiger partial charge >= 0.3 is 0 Å². The summed E-state index contributed by atoms with van der Waals surface area (Å²) in [7, 11) is 1.95. The van der Waals surface area contributed by atoms with Gasteiger partial charge in [0, 0.05) is 32.1 Å². The van der Waals surface area contributed by atoms with Crippen LogP contribution in [0, 0.1) is 11.8 Å². The fraction of sp³-hybridized carbons (Fsp3) is 0.944. The van der Waals surface area contributed by atoms with Crippen molar-refractivity contribution in [3.63, 3.8) is 0 Å². The lowest BCUT2D eigenvalue weighted by Gasteiger charge is -2.42. The van der Waals surface area contributed by atoms with Crippen LogP contribution in [-0.2, 0) is 4.79 Å². The Labute approximate surface area is 129 Å². The molecule has 3 aliphatic rings. The molecule has 3 atom stereocenters. The van der Waals surface area contributed by atoms with Gasteiger partial charge in [-0.15, -0.1) is 0 Å². The van der Waals surface area contributed by atoms with E-state index in [9.17, 15) is 4.79 Å². The minimum atomic E-state index is 0.320. The van der Waals surface area contributed by atoms with Gasteiger partial charge < -0.3 is 10.2 Å². The minimum Gasteiger partial charge on any atom is -0.344 e. The molecule has 1 aliphatic heterocycles. The van der Waals surface area contributed by atoms with E-state index >= 15 is 0 Å². The molecule has 0 aromatic rings. The highest BCUT2D eigenvalue weighted by molar-refractivity contribution is 5.76. The first kappa shape index (κ1) is 15.3. The zero-order valence-corrected chi connectivity index (χ0v) is 13.7. The lowest BCUT2D eigenvalue weighted by Crippen LogP contribution is -2.53. The average Bonchev–Trinajstić information content (AvgIpc) is 2.52. The summed E-state index contributed by atoms with van der Waals surface area (Å²) in [5, 5.41) is 3.96. The molecule has 21 heavy (non-hydrogen) atoms. The van der Waals surface area contributed by atoms with Gasteiger partial charge in [0.05, 0.1) is 0 Å². The lowest BCUT2D eigenvalue weighted by atomic mass is 9.70. The highest BCUT2D eigenvalue weighted by atomic mass is 16.2. The van der Waals surface area contributed by atoms with E-state index < -0.39 is 0 Å². The summed E-state index contributed by atoms with van der Waals surface area (Å²) < 4.78 is 0. The fourth-order valence-corrected chi connectivity index (χ4v) is 4.94. The Bertz CT molecular complexity index is 351. The van der Waals surface area contributed by atoms with Crippen molar-refractivity contribution < 1.29 is 4.79 Å². The van der Waals surface area contributed by atoms with Crippen LogP contribution in [0.15, 0.2) is 0 Å². The van der Waals surface area contributed by atoms with Gasteiger partial charge in [0.25, 0.3) is 0 Å². The summed E-state index contributed by atoms with van der Waals surface area (Å²) in [6.45, 7) is 0.909. The Kier molecular flexibility index (Phi) is 5.20. The molecule has 0 aromatic carbocycles. The van der Waals surface area contributed by atoms with Crippen molar-refractivity contribution in [1.82, 2.24) is 10.2 Å². The number of hydrogen-bond acceptors (Lipinski definition) is 2. The molecule has 1 N–H and O–H groups in total. The summed E-state index contributed by atoms with van der Waals surface area (Å²) in [6, 6.07) is 1.25. The summed E-state index contributed by atoms with van der Waals surface area (Å²) in [4.78, 5) is 13.6. The molecule has 0 radical (unpaired) electrons. The van der Waals surface area contributed by atoms with E-state index in [1.54, 1.807) is 0 Å². The number of likely N-dealkylation sites (tertiary alicyclic amines) is 1. The number of likely N-dealkylation sites (N-methyl/N-ethyl adjacent to an activating group) is 1. The van der Waals surface area contributed by atoms with Gasteiger partial charge in [-0.2, -0.15) is 0 Å². The van der Waals surface area contributed by atoms with Crippen LogP contribution >= 0.6 is 0 Å². The van der Waals surface area contributed by atoms with Gasteiger partial charge in [0.15, 0.2) is 0 Å². The molecule has 3 fully saturated rings. The van der Waals surface area contributed by atoms with Crippen molar-refractivity contribution in [3.05, 3.63) is 0 Å². The van der Waals surface area contributed by atoms with Gasteiger partial charge in [-0.1, -0.05) is 44.9 Å². The highest BCUT2D eigenvalue weighted by Crippen LogP contribution is 2.38. The third kappa shape index (κ3) is 3.80. The predicted octanol–water partition coefficient (Wildman–Crippen LogP) is 3.34. The van der Waals surface area contributed by atoms with Gasteiger partial charge in [-0.25, -0.2) is 0 Å². The summed E-state index contributed by atoms with van der Waals surface area (Å²) in [5.41, 5.74) is 0. The second-order valence-electron chi connectivity index (χ2n) is 7.63. The van der Waals surface area contributed by atoms with Gasteiger partial charge in [-0.3, -0.25) is 4.79 Å². The van der Waals surface area contributed by atoms with Crippen molar-refractivity contribution in [1.29, 1.82) is 0 Å². The van der Waals surface area contributed by atoms with E-state index in [4.69, 9.17) is 0 Å². The Morgan fingerprint density at radius 2 is 1.67 bits per heavy atom. The molecule has 2 saturated carbocycles. The molecule has 1 heterocycles. The van der Waals surface area contributed by atoms with Crippen LogP contribution in [0.4, 0.5) is 0 Å². The molecule has 1 saturated heterocycles. The topological polar surface area (TPSA) is 32.3 Å². The van der Waals surface area contributed by atoms with E-state index in [0.717, 1.165) is 31.2 Å². The van der Waals surface area contributed by atoms with E-state index in [1.165, 1.54) is 57.8 Å². The van der Waals surface area contributed by atoms with Gasteiger partial charge in [0.2, 0.25) is 5.91 Å². The molecular weight excluding hydrogens is 260 g/mol. The smallest absolute Gasteiger partial charge is 0.222 e. The first-order valence-electron chi connectivity index (χ1n) is 9.24. The van der Waals surface area contributed by atoms with Crippen molar-refractivity contribution in [3.8, 4) is 0 Å². The fourth-order valence-electron chi connectivity index (χ4n) is 4.94. The third-order valence-corrected chi connectivity index (χ3v) is 6.15. The van der Waals surface area contributed by atoms with Crippen LogP contribution < -0.4 is 5.32 Å². The van der Waals surface area contributed by atoms with Gasteiger partial charge in [0.1, 0.15) is 0 Å². The number of hydrogen-bond donors (Lipinski definition) is 1. The number of amides is 1. The SMILES string of the molecule is CN1CC(NC2CCCCC2C2CCCCC2)CCC1=O. The number of nitrogens with one attached hydrogen (secondary N) is 1. The Morgan fingerprint density at radius 3 is 2.43 bits per heavy atom. The lowest BCUT2D eigenvalue weighted by molar-refractivity contribution is -0.132. The first-order chi connectivity index (χ1) is 10.2. The van der Waals surface area contributed by atoms with Crippen molar-refractivity contribution in [2.75, 3.05) is 13.6 Å². The monoisotopic (exact) mass is 292 g/mol. The first-order valence-corrected chi connectivity index (χ1v) is 9.24. The average molecular weight is 292 g/mol. The maximum absolute atomic E-state index is 11.6. The Hall–Kier alpha value is -0.570. The second-order valence-corrected chi connectivity index (χ2v) is 7.63. The summed E-state index contributed by atoms with van der Waals surface area (Å²) >= 11 is 0. The molecular formula is C18H32N2O. The van der Waals surface area contributed by atoms with Crippen LogP contribution in [-0.4, -0.2) is 36.5 Å². The van der Waals surface area contributed by atoms with Crippen LogP contribution in [0.3, 0.4) is 0 Å². The van der Waals surface area contributed by atoms with E-state index in [0.29, 0.717) is 18.0 Å². The van der Waals surface area contributed by atoms with E-state index in [1.807, 2.05) is 11.9 Å². The van der Waals surface area contributed by atoms with Gasteiger partial charge in [-0.05, 0) is 31.1 Å². The number of rotatable bonds is 3. The van der Waals surface area contributed by atoms with Crippen LogP contribution in [0.25, 0.3) is 0 Å². The Morgan fingerprint density at radius 1 is 0.952 bits per heavy atom. The molecule has 120 valence electrons. The molecule has 0 bridgehead atoms. The third-order valence-electron chi connectivity index (χ3n) is 6.15. The van der Waals surface area contributed by atoms with E-state index in [-0.39, 0.29) is 0 Å². The molecule has 0 aromatic heterocycles. The molecule has 3 unspecified atom stereocenters. The van der Waals surface area contributed by atoms with Crippen molar-refractivity contribution >= 4 is 5.91 Å². The van der Waals surface area contributed by atoms with Crippen molar-refractivity contribution in [2.45, 2.75) is 82.7 Å². The quantitative estimate of drug-likeness (QED) is 0.865. The maximum atomic E-state index is 11.6. The summed E-state index contributed by atoms with van der Waals surface area (Å²) in [6.07, 6.45) is 14.7. The second kappa shape index (κ2) is 7.13. The normalized spacial score (nSPS) is 36.0. The molecule has 3 rings (SSSR count). The van der Waals surface area contributed by atoms with Crippen LogP contribution in [0.1, 0.15) is 70.6 Å². The minimum absolute atomic E-state index is 0.320. The van der Waals surface area contributed by atoms with Crippen LogP contribution in [0.5, 0.6) is 0 Å². The molecule has 3 nitrogen and oxygen atoms in total. The van der Waals surface area contributed by atoms with Crippen LogP contribution in [0.2, 0.25) is 0 Å². The largest absolute Gasteiger partial charge is 0.344 e. The van der Waals surface area contributed by atoms with E-state index in [2.05, 4.69) is 5.32 Å². The number of piperidine rings is 1. The standard InChI is InChI=1S/C18H32N2O/c1-20-13-15(11-12-18(20)21)19-17-10-6-5-9-16(17)14-7-3-2-4-8-14/h14-17,19H,2-13H2,1H3. The zero-order chi connectivity index (χ0) is 14.7. The molecule has 3 heteroatoms. The summed E-state index contributed by atoms with van der Waals surface area (Å²) in [5.74, 6) is 2.20. The highest BCUT2D eigenvalue weighted by Gasteiger charge is 2.34. The number of carbonyl (C=O) groups is 1. The molecule has 2 aliphatic carbocycles. The maximum Gasteiger partial charge on any atom is 0.222 e. The number of carbonyl (C=O) groups excluding carboxylic acids is 1. The molecule has 1 amide bonds. The Balaban J connectivity index is 1.57. The zero-order valence-electron chi connectivity index (χ0n) is 13.7. The predicted molar refractivity (Wildman–Crippen MR) is 86.1 cm³/mol.